The Morgan fingerprint density at radius 3 is 2.62 bits per heavy atom. The monoisotopic (exact) mass is 380 g/mol. The lowest BCUT2D eigenvalue weighted by atomic mass is 10.1. The molecule has 2 atom stereocenters. The number of nitrogens with zero attached hydrogens (tertiary/aromatic N) is 2. The zero-order valence-electron chi connectivity index (χ0n) is 14.8. The van der Waals surface area contributed by atoms with Gasteiger partial charge in [-0.3, -0.25) is 9.69 Å². The first-order valence-electron chi connectivity index (χ1n) is 8.82. The van der Waals surface area contributed by atoms with Crippen LogP contribution in [0, 0.1) is 0 Å². The molecule has 142 valence electrons. The lowest BCUT2D eigenvalue weighted by Crippen LogP contribution is -2.50. The molecule has 0 radical (unpaired) electrons. The summed E-state index contributed by atoms with van der Waals surface area (Å²) in [4.78, 5) is 28.2. The number of rotatable bonds is 4. The summed E-state index contributed by atoms with van der Waals surface area (Å²) >= 11 is 0. The molecule has 2 saturated heterocycles. The van der Waals surface area contributed by atoms with Crippen LogP contribution in [0.25, 0.3) is 0 Å². The van der Waals surface area contributed by atoms with E-state index in [9.17, 15) is 18.0 Å². The third kappa shape index (κ3) is 4.17. The Kier molecular flexibility index (Phi) is 5.50. The van der Waals surface area contributed by atoms with Crippen LogP contribution >= 0.6 is 0 Å². The van der Waals surface area contributed by atoms with Crippen LogP contribution < -0.4 is 0 Å². The van der Waals surface area contributed by atoms with Gasteiger partial charge in [0.2, 0.25) is 5.91 Å². The van der Waals surface area contributed by atoms with E-state index in [2.05, 4.69) is 0 Å². The maximum absolute atomic E-state index is 12.8. The minimum atomic E-state index is -3.07. The Morgan fingerprint density at radius 1 is 1.23 bits per heavy atom. The third-order valence-electron chi connectivity index (χ3n) is 5.08. The molecular weight excluding hydrogens is 356 g/mol. The topological polar surface area (TPSA) is 84.0 Å². The number of amides is 2. The van der Waals surface area contributed by atoms with Crippen molar-refractivity contribution in [1.29, 1.82) is 0 Å². The van der Waals surface area contributed by atoms with Crippen LogP contribution in [0.5, 0.6) is 0 Å². The molecule has 26 heavy (non-hydrogen) atoms. The highest BCUT2D eigenvalue weighted by Crippen LogP contribution is 2.24. The first-order chi connectivity index (χ1) is 12.4. The summed E-state index contributed by atoms with van der Waals surface area (Å²) in [5.74, 6) is -0.0929. The van der Waals surface area contributed by atoms with Crippen LogP contribution in [0.3, 0.4) is 0 Å². The van der Waals surface area contributed by atoms with Gasteiger partial charge < -0.3 is 9.64 Å². The molecule has 8 heteroatoms. The minimum Gasteiger partial charge on any atom is -0.445 e. The average Bonchev–Trinajstić information content (AvgIpc) is 3.25. The predicted octanol–water partition coefficient (Wildman–Crippen LogP) is 1.43. The molecule has 2 amide bonds. The molecule has 2 heterocycles. The summed E-state index contributed by atoms with van der Waals surface area (Å²) in [6.45, 7) is 0.634. The summed E-state index contributed by atoms with van der Waals surface area (Å²) in [6.07, 6.45) is 1.25. The van der Waals surface area contributed by atoms with Crippen LogP contribution in [0.2, 0.25) is 0 Å². The zero-order chi connectivity index (χ0) is 18.7. The van der Waals surface area contributed by atoms with Gasteiger partial charge in [0, 0.05) is 19.6 Å². The molecule has 2 aliphatic rings. The number of hydrogen-bond acceptors (Lipinski definition) is 5. The molecule has 1 aromatic carbocycles. The van der Waals surface area contributed by atoms with Gasteiger partial charge in [0.05, 0.1) is 11.5 Å². The Bertz CT molecular complexity index is 765. The molecule has 0 saturated carbocycles. The summed E-state index contributed by atoms with van der Waals surface area (Å²) < 4.78 is 28.7. The fraction of sp³-hybridized carbons (Fsp3) is 0.556. The number of carbonyl (C=O) groups excluding carboxylic acids is 2. The smallest absolute Gasteiger partial charge is 0.410 e. The number of likely N-dealkylation sites (tertiary alicyclic amines) is 1. The zero-order valence-corrected chi connectivity index (χ0v) is 15.7. The second-order valence-corrected chi connectivity index (χ2v) is 9.13. The number of carbonyl (C=O) groups is 2. The average molecular weight is 380 g/mol. The highest BCUT2D eigenvalue weighted by atomic mass is 32.2. The number of hydrogen-bond donors (Lipinski definition) is 0. The van der Waals surface area contributed by atoms with E-state index in [1.807, 2.05) is 30.3 Å². The van der Waals surface area contributed by atoms with Gasteiger partial charge in [-0.05, 0) is 24.8 Å². The van der Waals surface area contributed by atoms with E-state index in [1.54, 1.807) is 7.05 Å². The Labute approximate surface area is 153 Å². The summed E-state index contributed by atoms with van der Waals surface area (Å²) in [6, 6.07) is 8.48. The van der Waals surface area contributed by atoms with E-state index < -0.39 is 22.0 Å². The quantitative estimate of drug-likeness (QED) is 0.789. The summed E-state index contributed by atoms with van der Waals surface area (Å²) in [7, 11) is -1.44. The van der Waals surface area contributed by atoms with Crippen LogP contribution in [-0.4, -0.2) is 67.4 Å². The van der Waals surface area contributed by atoms with E-state index >= 15 is 0 Å². The van der Waals surface area contributed by atoms with Crippen LogP contribution in [0.1, 0.15) is 24.8 Å². The van der Waals surface area contributed by atoms with Crippen molar-refractivity contribution in [3.63, 3.8) is 0 Å². The van der Waals surface area contributed by atoms with Crippen molar-refractivity contribution in [3.05, 3.63) is 35.9 Å². The second kappa shape index (κ2) is 7.65. The SMILES string of the molecule is CN(C(=O)C1CCCN1C(=O)OCc1ccccc1)C1CCS(=O)(=O)C1. The van der Waals surface area contributed by atoms with Gasteiger partial charge in [0.15, 0.2) is 9.84 Å². The minimum absolute atomic E-state index is 0.000410. The molecule has 2 fully saturated rings. The van der Waals surface area contributed by atoms with Crippen LogP contribution in [0.15, 0.2) is 30.3 Å². The number of sulfone groups is 1. The lowest BCUT2D eigenvalue weighted by molar-refractivity contribution is -0.135. The molecular formula is C18H24N2O5S. The molecule has 0 N–H and O–H groups in total. The molecule has 0 aromatic heterocycles. The maximum Gasteiger partial charge on any atom is 0.410 e. The van der Waals surface area contributed by atoms with Gasteiger partial charge >= 0.3 is 6.09 Å². The molecule has 0 bridgehead atoms. The van der Waals surface area contributed by atoms with Crippen LogP contribution in [0.4, 0.5) is 4.79 Å². The number of likely N-dealkylation sites (N-methyl/N-ethyl adjacent to an activating group) is 1. The molecule has 2 unspecified atom stereocenters. The van der Waals surface area contributed by atoms with Crippen molar-refractivity contribution in [1.82, 2.24) is 9.80 Å². The van der Waals surface area contributed by atoms with E-state index in [0.29, 0.717) is 19.4 Å². The van der Waals surface area contributed by atoms with Gasteiger partial charge in [-0.2, -0.15) is 0 Å². The fourth-order valence-electron chi connectivity index (χ4n) is 3.54. The van der Waals surface area contributed by atoms with Gasteiger partial charge in [-0.1, -0.05) is 30.3 Å². The van der Waals surface area contributed by atoms with Gasteiger partial charge in [-0.25, -0.2) is 13.2 Å². The van der Waals surface area contributed by atoms with Gasteiger partial charge in [0.1, 0.15) is 12.6 Å². The Hall–Kier alpha value is -2.09. The number of benzene rings is 1. The van der Waals surface area contributed by atoms with Gasteiger partial charge in [-0.15, -0.1) is 0 Å². The van der Waals surface area contributed by atoms with Gasteiger partial charge in [0.25, 0.3) is 0 Å². The normalized spacial score (nSPS) is 24.4. The van der Waals surface area contributed by atoms with Crippen molar-refractivity contribution >= 4 is 21.8 Å². The maximum atomic E-state index is 12.8. The van der Waals surface area contributed by atoms with Crippen molar-refractivity contribution < 1.29 is 22.7 Å². The van der Waals surface area contributed by atoms with Crippen molar-refractivity contribution in [2.24, 2.45) is 0 Å². The van der Waals surface area contributed by atoms with E-state index in [0.717, 1.165) is 12.0 Å². The first-order valence-corrected chi connectivity index (χ1v) is 10.6. The first kappa shape index (κ1) is 18.7. The van der Waals surface area contributed by atoms with E-state index in [4.69, 9.17) is 4.74 Å². The van der Waals surface area contributed by atoms with E-state index in [-0.39, 0.29) is 30.1 Å². The highest BCUT2D eigenvalue weighted by Gasteiger charge is 2.40. The molecule has 0 aliphatic carbocycles. The van der Waals surface area contributed by atoms with Crippen molar-refractivity contribution in [2.45, 2.75) is 38.0 Å². The number of ether oxygens (including phenoxy) is 1. The van der Waals surface area contributed by atoms with Crippen molar-refractivity contribution in [2.75, 3.05) is 25.1 Å². The lowest BCUT2D eigenvalue weighted by Gasteiger charge is -2.30. The summed E-state index contributed by atoms with van der Waals surface area (Å²) in [5, 5.41) is 0. The molecule has 3 rings (SSSR count). The molecule has 7 nitrogen and oxygen atoms in total. The molecule has 1 aromatic rings. The Morgan fingerprint density at radius 2 is 1.96 bits per heavy atom. The van der Waals surface area contributed by atoms with E-state index in [1.165, 1.54) is 9.80 Å². The summed E-state index contributed by atoms with van der Waals surface area (Å²) in [5.41, 5.74) is 0.885. The van der Waals surface area contributed by atoms with Crippen molar-refractivity contribution in [3.8, 4) is 0 Å². The fourth-order valence-corrected chi connectivity index (χ4v) is 5.31. The third-order valence-corrected chi connectivity index (χ3v) is 6.83. The molecule has 0 spiro atoms. The Balaban J connectivity index is 1.60. The second-order valence-electron chi connectivity index (χ2n) is 6.90. The largest absolute Gasteiger partial charge is 0.445 e. The standard InChI is InChI=1S/C18H24N2O5S/c1-19(15-9-11-26(23,24)13-15)17(21)16-8-5-10-20(16)18(22)25-12-14-6-3-2-4-7-14/h2-4,6-7,15-16H,5,8-13H2,1H3. The highest BCUT2D eigenvalue weighted by molar-refractivity contribution is 7.91. The van der Waals surface area contributed by atoms with Crippen LogP contribution in [-0.2, 0) is 26.0 Å². The predicted molar refractivity (Wildman–Crippen MR) is 96.2 cm³/mol. The molecule has 2 aliphatic heterocycles.